The van der Waals surface area contributed by atoms with Crippen LogP contribution in [0.15, 0.2) is 90.6 Å². The summed E-state index contributed by atoms with van der Waals surface area (Å²) in [5, 5.41) is 6.95. The molecule has 0 saturated heterocycles. The van der Waals surface area contributed by atoms with Crippen LogP contribution in [0.1, 0.15) is 40.6 Å². The Labute approximate surface area is 189 Å². The highest BCUT2D eigenvalue weighted by molar-refractivity contribution is 5.94. The molecule has 4 heteroatoms. The van der Waals surface area contributed by atoms with Crippen LogP contribution < -0.4 is 15.6 Å². The smallest absolute Gasteiger partial charge is 0.299 e. The third-order valence-corrected chi connectivity index (χ3v) is 6.37. The maximum absolute atomic E-state index is 13.4. The number of ketones is 1. The van der Waals surface area contributed by atoms with E-state index in [0.717, 1.165) is 22.9 Å². The average molecular weight is 423 g/mol. The maximum Gasteiger partial charge on any atom is 0.353 e. The number of carbonyl (C=O) groups excluding carboxylic acids is 1. The monoisotopic (exact) mass is 422 g/mol. The summed E-state index contributed by atoms with van der Waals surface area (Å²) in [5.74, 6) is 0.901. The molecule has 0 fully saturated rings. The molecule has 3 aromatic rings. The molecule has 0 bridgehead atoms. The van der Waals surface area contributed by atoms with Crippen LogP contribution in [0, 0.1) is 19.8 Å². The highest BCUT2D eigenvalue weighted by Gasteiger charge is 2.43. The molecule has 32 heavy (non-hydrogen) atoms. The zero-order valence-corrected chi connectivity index (χ0v) is 18.4. The molecule has 4 nitrogen and oxygen atoms in total. The predicted octanol–water partition coefficient (Wildman–Crippen LogP) is 3.75. The molecular formula is C28H28N3O+. The fourth-order valence-corrected chi connectivity index (χ4v) is 4.61. The predicted molar refractivity (Wildman–Crippen MR) is 128 cm³/mol. The van der Waals surface area contributed by atoms with Gasteiger partial charge in [-0.15, -0.1) is 0 Å². The van der Waals surface area contributed by atoms with Gasteiger partial charge in [0.15, 0.2) is 0 Å². The molecule has 0 spiro atoms. The third kappa shape index (κ3) is 4.09. The number of carbonyl (C=O) groups is 1. The summed E-state index contributed by atoms with van der Waals surface area (Å²) >= 11 is 0. The molecule has 5 rings (SSSR count). The summed E-state index contributed by atoms with van der Waals surface area (Å²) in [6.45, 7) is 4.16. The Balaban J connectivity index is 1.53. The van der Waals surface area contributed by atoms with E-state index in [1.54, 1.807) is 0 Å². The first-order chi connectivity index (χ1) is 15.6. The van der Waals surface area contributed by atoms with Gasteiger partial charge < -0.3 is 0 Å². The minimum atomic E-state index is -0.234. The summed E-state index contributed by atoms with van der Waals surface area (Å²) in [7, 11) is 0. The van der Waals surface area contributed by atoms with Gasteiger partial charge in [-0.3, -0.25) is 9.79 Å². The molecular weight excluding hydrogens is 394 g/mol. The summed E-state index contributed by atoms with van der Waals surface area (Å²) in [6, 6.07) is 26.9. The van der Waals surface area contributed by atoms with Crippen LogP contribution in [0.4, 0.5) is 5.69 Å². The van der Waals surface area contributed by atoms with E-state index in [2.05, 4.69) is 96.2 Å². The van der Waals surface area contributed by atoms with Gasteiger partial charge in [-0.2, -0.15) is 0 Å². The van der Waals surface area contributed by atoms with Crippen molar-refractivity contribution in [3.63, 3.8) is 0 Å². The summed E-state index contributed by atoms with van der Waals surface area (Å²) in [6.07, 6.45) is 2.76. The van der Waals surface area contributed by atoms with Crippen LogP contribution in [-0.2, 0) is 4.79 Å². The number of nitrogens with one attached hydrogen (secondary N) is 3. The van der Waals surface area contributed by atoms with Gasteiger partial charge in [0, 0.05) is 12.3 Å². The lowest BCUT2D eigenvalue weighted by molar-refractivity contribution is -0.522. The van der Waals surface area contributed by atoms with Crippen LogP contribution in [0.5, 0.6) is 0 Å². The molecule has 0 radical (unpaired) electrons. The largest absolute Gasteiger partial charge is 0.353 e. The van der Waals surface area contributed by atoms with Crippen molar-refractivity contribution in [2.45, 2.75) is 32.2 Å². The molecule has 3 atom stereocenters. The van der Waals surface area contributed by atoms with Gasteiger partial charge in [0.1, 0.15) is 17.7 Å². The van der Waals surface area contributed by atoms with Crippen molar-refractivity contribution in [2.75, 3.05) is 5.32 Å². The molecule has 1 aliphatic heterocycles. The Kier molecular flexibility index (Phi) is 5.36. The van der Waals surface area contributed by atoms with Crippen LogP contribution in [0.3, 0.4) is 0 Å². The molecule has 1 heterocycles. The zero-order chi connectivity index (χ0) is 22.1. The van der Waals surface area contributed by atoms with Gasteiger partial charge in [-0.05, 0) is 43.2 Å². The van der Waals surface area contributed by atoms with E-state index >= 15 is 0 Å². The van der Waals surface area contributed by atoms with E-state index in [-0.39, 0.29) is 23.7 Å². The van der Waals surface area contributed by atoms with Crippen LogP contribution in [0.25, 0.3) is 0 Å². The number of benzene rings is 3. The van der Waals surface area contributed by atoms with Crippen molar-refractivity contribution in [3.05, 3.63) is 113 Å². The van der Waals surface area contributed by atoms with Crippen molar-refractivity contribution in [1.82, 2.24) is 5.32 Å². The topological polar surface area (TPSA) is 55.1 Å². The van der Waals surface area contributed by atoms with E-state index in [1.165, 1.54) is 16.7 Å². The first-order valence-corrected chi connectivity index (χ1v) is 11.2. The van der Waals surface area contributed by atoms with Crippen LogP contribution in [0.2, 0.25) is 0 Å². The van der Waals surface area contributed by atoms with Crippen molar-refractivity contribution < 1.29 is 9.79 Å². The summed E-state index contributed by atoms with van der Waals surface area (Å²) in [5.41, 5.74) is 6.69. The second-order valence-corrected chi connectivity index (χ2v) is 8.81. The highest BCUT2D eigenvalue weighted by atomic mass is 16.1. The molecule has 2 aliphatic rings. The number of rotatable bonds is 3. The van der Waals surface area contributed by atoms with Crippen molar-refractivity contribution >= 4 is 17.4 Å². The van der Waals surface area contributed by atoms with Crippen LogP contribution >= 0.6 is 0 Å². The van der Waals surface area contributed by atoms with E-state index in [4.69, 9.17) is 0 Å². The third-order valence-electron chi connectivity index (χ3n) is 6.37. The minimum Gasteiger partial charge on any atom is -0.299 e. The molecule has 3 N–H and O–H groups in total. The number of aryl methyl sites for hydroxylation is 2. The number of hydrogen-bond acceptors (Lipinski definition) is 3. The summed E-state index contributed by atoms with van der Waals surface area (Å²) in [4.78, 5) is 17.0. The number of fused-ring (bicyclic) bond motifs is 1. The Hall–Kier alpha value is -3.66. The lowest BCUT2D eigenvalue weighted by Gasteiger charge is -2.33. The van der Waals surface area contributed by atoms with Gasteiger partial charge >= 0.3 is 5.96 Å². The Morgan fingerprint density at radius 1 is 0.844 bits per heavy atom. The van der Waals surface area contributed by atoms with Gasteiger partial charge in [-0.25, -0.2) is 10.6 Å². The van der Waals surface area contributed by atoms with E-state index in [9.17, 15) is 4.79 Å². The molecule has 0 unspecified atom stereocenters. The fourth-order valence-electron chi connectivity index (χ4n) is 4.61. The standard InChI is InChI=1S/C28H27N3O/c1-18-8-12-20(13-9-18)22-16-24-26(25(32)17-22)27(21-6-4-3-5-7-21)31-28(30-24)29-23-14-10-19(2)11-15-23/h3-16,22,26-27H,17H2,1-2H3,(H2,29,30,31)/p+1/t22-,26-,27-/m0/s1. The normalized spacial score (nSPS) is 22.3. The average Bonchev–Trinajstić information content (AvgIpc) is 2.81. The second kappa shape index (κ2) is 8.46. The lowest BCUT2D eigenvalue weighted by atomic mass is 9.76. The molecule has 1 aliphatic carbocycles. The first-order valence-electron chi connectivity index (χ1n) is 11.2. The number of allylic oxidation sites excluding steroid dienone is 1. The van der Waals surface area contributed by atoms with Gasteiger partial charge in [0.25, 0.3) is 0 Å². The van der Waals surface area contributed by atoms with Gasteiger partial charge in [-0.1, -0.05) is 77.9 Å². The maximum atomic E-state index is 13.4. The van der Waals surface area contributed by atoms with E-state index < -0.39 is 0 Å². The second-order valence-electron chi connectivity index (χ2n) is 8.81. The molecule has 3 aromatic carbocycles. The lowest BCUT2D eigenvalue weighted by Crippen LogP contribution is -2.84. The first kappa shape index (κ1) is 20.3. The SMILES string of the molecule is Cc1ccc(NC2=[NH+][C@@H](c3ccccc3)[C@@H]3C(=O)C[C@@H](c4ccc(C)cc4)C=C3N2)cc1. The number of guanidine groups is 1. The Morgan fingerprint density at radius 3 is 2.19 bits per heavy atom. The van der Waals surface area contributed by atoms with Crippen molar-refractivity contribution in [2.24, 2.45) is 5.92 Å². The molecule has 0 aromatic heterocycles. The number of Topliss-reactive ketones (excluding diaryl/α,β-unsaturated/α-hetero) is 1. The zero-order valence-electron chi connectivity index (χ0n) is 18.4. The quantitative estimate of drug-likeness (QED) is 0.603. The van der Waals surface area contributed by atoms with Crippen LogP contribution in [-0.4, -0.2) is 11.7 Å². The number of anilines is 1. The van der Waals surface area contributed by atoms with Gasteiger partial charge in [0.05, 0.1) is 11.4 Å². The van der Waals surface area contributed by atoms with Gasteiger partial charge in [0.2, 0.25) is 0 Å². The molecule has 0 amide bonds. The van der Waals surface area contributed by atoms with Crippen molar-refractivity contribution in [3.8, 4) is 0 Å². The number of hydrogen-bond donors (Lipinski definition) is 3. The highest BCUT2D eigenvalue weighted by Crippen LogP contribution is 2.37. The Morgan fingerprint density at radius 2 is 1.50 bits per heavy atom. The minimum absolute atomic E-state index is 0.0806. The van der Waals surface area contributed by atoms with E-state index in [1.807, 2.05) is 18.2 Å². The molecule has 0 saturated carbocycles. The molecule has 160 valence electrons. The van der Waals surface area contributed by atoms with E-state index in [0.29, 0.717) is 6.42 Å². The fraction of sp³-hybridized carbons (Fsp3) is 0.214. The summed E-state index contributed by atoms with van der Waals surface area (Å²) < 4.78 is 0. The van der Waals surface area contributed by atoms with Crippen molar-refractivity contribution in [1.29, 1.82) is 0 Å². The Bertz CT molecular complexity index is 1180.